The summed E-state index contributed by atoms with van der Waals surface area (Å²) in [7, 11) is 0. The fourth-order valence-corrected chi connectivity index (χ4v) is 5.30. The normalized spacial score (nSPS) is 19.1. The monoisotopic (exact) mass is 570 g/mol. The lowest BCUT2D eigenvalue weighted by molar-refractivity contribution is -0.0813. The van der Waals surface area contributed by atoms with Gasteiger partial charge >= 0.3 is 6.09 Å². The number of hydrogen-bond acceptors (Lipinski definition) is 9. The summed E-state index contributed by atoms with van der Waals surface area (Å²) in [4.78, 5) is 16.9. The van der Waals surface area contributed by atoms with Gasteiger partial charge in [-0.2, -0.15) is 0 Å². The van der Waals surface area contributed by atoms with Gasteiger partial charge in [0.25, 0.3) is 0 Å². The third-order valence-electron chi connectivity index (χ3n) is 5.80. The number of hydrogen-bond donors (Lipinski definition) is 1. The van der Waals surface area contributed by atoms with E-state index in [1.54, 1.807) is 26.0 Å². The summed E-state index contributed by atoms with van der Waals surface area (Å²) in [6.45, 7) is 4.27. The Bertz CT molecular complexity index is 1340. The summed E-state index contributed by atoms with van der Waals surface area (Å²) in [6, 6.07) is 5.26. The number of nitrogens with zero attached hydrogens (tertiary/aromatic N) is 4. The first-order valence-corrected chi connectivity index (χ1v) is 12.7. The van der Waals surface area contributed by atoms with E-state index in [4.69, 9.17) is 42.1 Å². The van der Waals surface area contributed by atoms with Gasteiger partial charge in [-0.25, -0.2) is 14.2 Å². The highest BCUT2D eigenvalue weighted by atomic mass is 35.5. The van der Waals surface area contributed by atoms with Crippen LogP contribution in [0.3, 0.4) is 0 Å². The smallest absolute Gasteiger partial charge is 0.410 e. The van der Waals surface area contributed by atoms with Crippen LogP contribution in [0.4, 0.5) is 9.18 Å². The highest BCUT2D eigenvalue weighted by Gasteiger charge is 2.44. The van der Waals surface area contributed by atoms with Gasteiger partial charge in [0.05, 0.1) is 30.9 Å². The SMILES string of the molecule is CC1(C)OCC(COc2cc(Cl)c(-c3nnc(-c4cc(Cl)nc(OC5COC5)c4)s3)cc2F)N1C(=O)O. The van der Waals surface area contributed by atoms with E-state index < -0.39 is 23.7 Å². The molecule has 1 N–H and O–H groups in total. The van der Waals surface area contributed by atoms with Crippen molar-refractivity contribution in [3.63, 3.8) is 0 Å². The number of halogens is 3. The molecule has 0 spiro atoms. The fraction of sp³-hybridized carbons (Fsp3) is 0.391. The van der Waals surface area contributed by atoms with Gasteiger partial charge < -0.3 is 24.1 Å². The maximum Gasteiger partial charge on any atom is 0.410 e. The Morgan fingerprint density at radius 1 is 1.22 bits per heavy atom. The first-order valence-electron chi connectivity index (χ1n) is 11.1. The molecular weight excluding hydrogens is 550 g/mol. The van der Waals surface area contributed by atoms with E-state index in [2.05, 4.69) is 15.2 Å². The van der Waals surface area contributed by atoms with E-state index in [9.17, 15) is 14.3 Å². The third-order valence-corrected chi connectivity index (χ3v) is 7.31. The molecule has 1 amide bonds. The second-order valence-electron chi connectivity index (χ2n) is 8.84. The van der Waals surface area contributed by atoms with Gasteiger partial charge in [-0.1, -0.05) is 34.5 Å². The predicted octanol–water partition coefficient (Wildman–Crippen LogP) is 4.98. The van der Waals surface area contributed by atoms with Gasteiger partial charge in [0.1, 0.15) is 33.6 Å². The van der Waals surface area contributed by atoms with Crippen LogP contribution in [-0.2, 0) is 9.47 Å². The number of aromatic nitrogens is 3. The lowest BCUT2D eigenvalue weighted by Crippen LogP contribution is -2.49. The molecule has 37 heavy (non-hydrogen) atoms. The Hall–Kier alpha value is -2.77. The molecule has 1 unspecified atom stereocenters. The molecule has 10 nitrogen and oxygen atoms in total. The molecule has 2 aromatic heterocycles. The quantitative estimate of drug-likeness (QED) is 0.392. The van der Waals surface area contributed by atoms with Crippen LogP contribution in [0.25, 0.3) is 21.1 Å². The predicted molar refractivity (Wildman–Crippen MR) is 133 cm³/mol. The minimum absolute atomic E-state index is 0.0776. The van der Waals surface area contributed by atoms with Gasteiger partial charge in [-0.15, -0.1) is 10.2 Å². The van der Waals surface area contributed by atoms with Crippen LogP contribution in [0.1, 0.15) is 13.8 Å². The number of benzene rings is 1. The molecule has 1 atom stereocenters. The van der Waals surface area contributed by atoms with Crippen LogP contribution >= 0.6 is 34.5 Å². The average Bonchev–Trinajstić information content (AvgIpc) is 3.40. The number of carbonyl (C=O) groups is 1. The molecular formula is C23H21Cl2FN4O6S. The van der Waals surface area contributed by atoms with Gasteiger partial charge in [-0.05, 0) is 26.0 Å². The van der Waals surface area contributed by atoms with Crippen LogP contribution in [-0.4, -0.2) is 75.6 Å². The zero-order chi connectivity index (χ0) is 26.3. The molecule has 0 bridgehead atoms. The summed E-state index contributed by atoms with van der Waals surface area (Å²) >= 11 is 13.8. The van der Waals surface area contributed by atoms with Crippen molar-refractivity contribution in [1.29, 1.82) is 0 Å². The molecule has 3 aromatic rings. The van der Waals surface area contributed by atoms with Gasteiger partial charge in [0, 0.05) is 23.3 Å². The van der Waals surface area contributed by atoms with Gasteiger partial charge in [-0.3, -0.25) is 4.90 Å². The summed E-state index contributed by atoms with van der Waals surface area (Å²) in [5.41, 5.74) is -0.0382. The summed E-state index contributed by atoms with van der Waals surface area (Å²) in [6.07, 6.45) is -1.23. The van der Waals surface area contributed by atoms with E-state index in [1.165, 1.54) is 23.5 Å². The van der Waals surface area contributed by atoms with E-state index >= 15 is 0 Å². The molecule has 2 fully saturated rings. The number of pyridine rings is 1. The number of rotatable bonds is 7. The van der Waals surface area contributed by atoms with E-state index in [0.717, 1.165) is 4.90 Å². The molecule has 2 aliphatic heterocycles. The van der Waals surface area contributed by atoms with Crippen LogP contribution in [0.2, 0.25) is 10.2 Å². The van der Waals surface area contributed by atoms with Crippen molar-refractivity contribution in [1.82, 2.24) is 20.1 Å². The number of carboxylic acid groups (broad SMARTS) is 1. The molecule has 0 saturated carbocycles. The minimum Gasteiger partial charge on any atom is -0.488 e. The van der Waals surface area contributed by atoms with Crippen LogP contribution in [0.15, 0.2) is 24.3 Å². The van der Waals surface area contributed by atoms with E-state index in [0.29, 0.717) is 40.2 Å². The maximum atomic E-state index is 15.0. The Balaban J connectivity index is 1.32. The molecule has 196 valence electrons. The standard InChI is InChI=1S/C23H21Cl2FN4O6S/c1-23(2)30(22(31)32)12(8-35-23)7-34-17-6-15(24)14(5-16(17)26)21-29-28-20(37-21)11-3-18(25)27-19(4-11)36-13-9-33-10-13/h3-6,12-13H,7-10H2,1-2H3,(H,31,32). The molecule has 1 aromatic carbocycles. The molecule has 2 saturated heterocycles. The number of ether oxygens (including phenoxy) is 4. The van der Waals surface area contributed by atoms with Crippen molar-refractivity contribution >= 4 is 40.6 Å². The Labute approximate surface area is 224 Å². The lowest BCUT2D eigenvalue weighted by Gasteiger charge is -2.30. The zero-order valence-corrected chi connectivity index (χ0v) is 21.9. The van der Waals surface area contributed by atoms with Crippen molar-refractivity contribution in [3.05, 3.63) is 40.3 Å². The second-order valence-corrected chi connectivity index (χ2v) is 10.6. The van der Waals surface area contributed by atoms with Crippen molar-refractivity contribution in [2.24, 2.45) is 0 Å². The second kappa shape index (κ2) is 10.2. The van der Waals surface area contributed by atoms with Crippen molar-refractivity contribution < 1.29 is 33.2 Å². The number of amides is 1. The lowest BCUT2D eigenvalue weighted by atomic mass is 10.2. The first-order chi connectivity index (χ1) is 17.6. The van der Waals surface area contributed by atoms with Crippen molar-refractivity contribution in [3.8, 4) is 32.8 Å². The first kappa shape index (κ1) is 25.9. The van der Waals surface area contributed by atoms with Gasteiger partial charge in [0.2, 0.25) is 5.88 Å². The molecule has 5 rings (SSSR count). The summed E-state index contributed by atoms with van der Waals surface area (Å²) in [5, 5.41) is 19.2. The largest absolute Gasteiger partial charge is 0.488 e. The highest BCUT2D eigenvalue weighted by molar-refractivity contribution is 7.18. The molecule has 14 heteroatoms. The van der Waals surface area contributed by atoms with Crippen LogP contribution in [0.5, 0.6) is 11.6 Å². The Kier molecular flexibility index (Phi) is 7.12. The average molecular weight is 571 g/mol. The van der Waals surface area contributed by atoms with Crippen LogP contribution < -0.4 is 9.47 Å². The highest BCUT2D eigenvalue weighted by Crippen LogP contribution is 2.38. The Morgan fingerprint density at radius 3 is 2.68 bits per heavy atom. The molecule has 0 radical (unpaired) electrons. The van der Waals surface area contributed by atoms with Crippen molar-refractivity contribution in [2.75, 3.05) is 26.4 Å². The van der Waals surface area contributed by atoms with Crippen molar-refractivity contribution in [2.45, 2.75) is 31.7 Å². The van der Waals surface area contributed by atoms with E-state index in [1.807, 2.05) is 0 Å². The van der Waals surface area contributed by atoms with E-state index in [-0.39, 0.29) is 35.2 Å². The van der Waals surface area contributed by atoms with Crippen LogP contribution in [0, 0.1) is 5.82 Å². The van der Waals surface area contributed by atoms with Gasteiger partial charge in [0.15, 0.2) is 11.6 Å². The fourth-order valence-electron chi connectivity index (χ4n) is 3.94. The minimum atomic E-state index is -1.15. The third kappa shape index (κ3) is 5.43. The molecule has 0 aliphatic carbocycles. The maximum absolute atomic E-state index is 15.0. The zero-order valence-electron chi connectivity index (χ0n) is 19.6. The summed E-state index contributed by atoms with van der Waals surface area (Å²) in [5.74, 6) is -0.451. The summed E-state index contributed by atoms with van der Waals surface area (Å²) < 4.78 is 36.9. The molecule has 4 heterocycles. The topological polar surface area (TPSA) is 116 Å². The molecule has 2 aliphatic rings. The Morgan fingerprint density at radius 2 is 1.97 bits per heavy atom.